The van der Waals surface area contributed by atoms with Crippen LogP contribution >= 0.6 is 23.2 Å². The molecule has 0 saturated heterocycles. The van der Waals surface area contributed by atoms with Gasteiger partial charge in [-0.3, -0.25) is 0 Å². The van der Waals surface area contributed by atoms with E-state index in [9.17, 15) is 8.78 Å². The lowest BCUT2D eigenvalue weighted by Crippen LogP contribution is -2.01. The van der Waals surface area contributed by atoms with Gasteiger partial charge in [-0.2, -0.15) is 0 Å². The number of hydrogen-bond acceptors (Lipinski definition) is 1. The van der Waals surface area contributed by atoms with Crippen molar-refractivity contribution in [2.75, 3.05) is 0 Å². The summed E-state index contributed by atoms with van der Waals surface area (Å²) in [5, 5.41) is 0. The molecule has 0 aromatic heterocycles. The Bertz CT molecular complexity index is 1280. The van der Waals surface area contributed by atoms with Crippen molar-refractivity contribution in [1.29, 1.82) is 0 Å². The minimum Gasteiger partial charge on any atom is -0.457 e. The summed E-state index contributed by atoms with van der Waals surface area (Å²) in [6.45, 7) is 4.12. The lowest BCUT2D eigenvalue weighted by molar-refractivity contribution is 0.465. The monoisotopic (exact) mass is 538 g/mol. The van der Waals surface area contributed by atoms with E-state index in [1.54, 1.807) is 12.1 Å². The first-order valence-corrected chi connectivity index (χ1v) is 13.5. The van der Waals surface area contributed by atoms with Crippen molar-refractivity contribution >= 4 is 23.2 Å². The largest absolute Gasteiger partial charge is 0.457 e. The Morgan fingerprint density at radius 3 is 1.32 bits per heavy atom. The molecule has 4 rings (SSSR count). The summed E-state index contributed by atoms with van der Waals surface area (Å²) in [4.78, 5) is 0. The molecular formula is C32H30Cl2F2O. The van der Waals surface area contributed by atoms with Gasteiger partial charge in [0.2, 0.25) is 0 Å². The molecule has 0 fully saturated rings. The van der Waals surface area contributed by atoms with Gasteiger partial charge in [0.05, 0.1) is 0 Å². The van der Waals surface area contributed by atoms with Crippen LogP contribution in [0.15, 0.2) is 72.8 Å². The molecule has 0 spiro atoms. The van der Waals surface area contributed by atoms with Crippen LogP contribution in [0, 0.1) is 25.5 Å². The second-order valence-corrected chi connectivity index (χ2v) is 9.93. The van der Waals surface area contributed by atoms with Crippen LogP contribution in [0.25, 0.3) is 0 Å². The molecule has 4 aromatic rings. The zero-order chi connectivity index (χ0) is 26.4. The van der Waals surface area contributed by atoms with Crippen molar-refractivity contribution in [1.82, 2.24) is 0 Å². The lowest BCUT2D eigenvalue weighted by Gasteiger charge is -2.16. The van der Waals surface area contributed by atoms with Crippen LogP contribution in [0.4, 0.5) is 8.78 Å². The highest BCUT2D eigenvalue weighted by atomic mass is 35.5. The first-order valence-electron chi connectivity index (χ1n) is 12.4. The van der Waals surface area contributed by atoms with Gasteiger partial charge in [0.15, 0.2) is 0 Å². The van der Waals surface area contributed by atoms with Gasteiger partial charge in [0.1, 0.15) is 23.1 Å². The van der Waals surface area contributed by atoms with E-state index in [-0.39, 0.29) is 11.6 Å². The third-order valence-corrected chi connectivity index (χ3v) is 7.33. The highest BCUT2D eigenvalue weighted by Gasteiger charge is 2.13. The molecule has 192 valence electrons. The Hall–Kier alpha value is -2.88. The first-order chi connectivity index (χ1) is 17.9. The number of benzene rings is 4. The molecule has 0 aliphatic rings. The zero-order valence-corrected chi connectivity index (χ0v) is 22.6. The highest BCUT2D eigenvalue weighted by Crippen LogP contribution is 2.31. The smallest absolute Gasteiger partial charge is 0.130 e. The molecule has 0 aliphatic carbocycles. The van der Waals surface area contributed by atoms with Gasteiger partial charge in [-0.1, -0.05) is 36.4 Å². The van der Waals surface area contributed by atoms with Gasteiger partial charge >= 0.3 is 0 Å². The fraction of sp³-hybridized carbons (Fsp3) is 0.250. The Balaban J connectivity index is 1.54. The molecule has 37 heavy (non-hydrogen) atoms. The summed E-state index contributed by atoms with van der Waals surface area (Å²) in [5.41, 5.74) is 8.37. The fourth-order valence-electron chi connectivity index (χ4n) is 4.59. The molecule has 1 nitrogen and oxygen atoms in total. The topological polar surface area (TPSA) is 9.23 Å². The zero-order valence-electron chi connectivity index (χ0n) is 21.1. The molecule has 0 saturated carbocycles. The third kappa shape index (κ3) is 7.12. The summed E-state index contributed by atoms with van der Waals surface area (Å²) in [6, 6.07) is 21.5. The maximum Gasteiger partial charge on any atom is 0.130 e. The minimum absolute atomic E-state index is 0.313. The highest BCUT2D eigenvalue weighted by molar-refractivity contribution is 6.17. The molecule has 0 aliphatic heterocycles. The first kappa shape index (κ1) is 27.2. The number of aryl methyl sites for hydroxylation is 6. The molecule has 0 bridgehead atoms. The molecule has 5 heteroatoms. The third-order valence-electron chi connectivity index (χ3n) is 6.71. The summed E-state index contributed by atoms with van der Waals surface area (Å²) in [6.07, 6.45) is 2.69. The molecular weight excluding hydrogens is 509 g/mol. The minimum atomic E-state index is -0.313. The van der Waals surface area contributed by atoms with Gasteiger partial charge in [-0.15, -0.1) is 23.2 Å². The van der Waals surface area contributed by atoms with Crippen molar-refractivity contribution in [3.05, 3.63) is 129 Å². The van der Waals surface area contributed by atoms with Gasteiger partial charge in [-0.05, 0) is 120 Å². The molecule has 4 aromatic carbocycles. The second-order valence-electron chi connectivity index (χ2n) is 9.40. The Labute approximate surface area is 228 Å². The van der Waals surface area contributed by atoms with E-state index in [0.29, 0.717) is 36.1 Å². The van der Waals surface area contributed by atoms with Crippen LogP contribution in [0.5, 0.6) is 11.5 Å². The predicted octanol–water partition coefficient (Wildman–Crippen LogP) is 9.42. The van der Waals surface area contributed by atoms with Crippen LogP contribution in [-0.4, -0.2) is 0 Å². The lowest BCUT2D eigenvalue weighted by atomic mass is 9.98. The molecule has 0 amide bonds. The average molecular weight is 539 g/mol. The van der Waals surface area contributed by atoms with Crippen LogP contribution in [0.1, 0.15) is 44.5 Å². The van der Waals surface area contributed by atoms with E-state index in [2.05, 4.69) is 38.1 Å². The van der Waals surface area contributed by atoms with Gasteiger partial charge in [-0.25, -0.2) is 8.78 Å². The quantitative estimate of drug-likeness (QED) is 0.183. The summed E-state index contributed by atoms with van der Waals surface area (Å²) < 4.78 is 34.7. The molecule has 0 heterocycles. The van der Waals surface area contributed by atoms with Crippen LogP contribution in [-0.2, 0) is 37.4 Å². The van der Waals surface area contributed by atoms with E-state index < -0.39 is 0 Å². The van der Waals surface area contributed by atoms with Gasteiger partial charge in [0, 0.05) is 11.8 Å². The average Bonchev–Trinajstić information content (AvgIpc) is 2.89. The van der Waals surface area contributed by atoms with Crippen LogP contribution in [0.2, 0.25) is 0 Å². The second kappa shape index (κ2) is 12.6. The van der Waals surface area contributed by atoms with Gasteiger partial charge < -0.3 is 4.74 Å². The van der Waals surface area contributed by atoms with Gasteiger partial charge in [0.25, 0.3) is 0 Å². The molecule has 0 atom stereocenters. The maximum absolute atomic E-state index is 14.2. The summed E-state index contributed by atoms with van der Waals surface area (Å²) >= 11 is 11.9. The van der Waals surface area contributed by atoms with Crippen molar-refractivity contribution in [3.8, 4) is 11.5 Å². The van der Waals surface area contributed by atoms with E-state index >= 15 is 0 Å². The number of alkyl halides is 2. The van der Waals surface area contributed by atoms with Crippen molar-refractivity contribution in [2.45, 2.75) is 51.3 Å². The van der Waals surface area contributed by atoms with E-state index in [1.165, 1.54) is 35.4 Å². The van der Waals surface area contributed by atoms with Crippen LogP contribution in [0.3, 0.4) is 0 Å². The number of ether oxygens (including phenoxy) is 1. The number of hydrogen-bond donors (Lipinski definition) is 0. The fourth-order valence-corrected chi connectivity index (χ4v) is 4.92. The van der Waals surface area contributed by atoms with Crippen LogP contribution < -0.4 is 4.74 Å². The molecule has 0 N–H and O–H groups in total. The Morgan fingerprint density at radius 2 is 0.946 bits per heavy atom. The van der Waals surface area contributed by atoms with E-state index in [1.807, 2.05) is 12.1 Å². The molecule has 0 unspecified atom stereocenters. The van der Waals surface area contributed by atoms with Crippen molar-refractivity contribution in [2.24, 2.45) is 0 Å². The standard InChI is InChI=1S/C32H30Cl2F2O/c1-21-15-23(19-33)3-5-25(21)7-9-27-17-29(35)11-13-31(27)37-32-14-12-30(36)18-28(32)10-8-26-6-4-24(20-34)16-22(26)2/h3-6,11-18H,7-10,19-20H2,1-2H3. The predicted molar refractivity (Wildman–Crippen MR) is 149 cm³/mol. The van der Waals surface area contributed by atoms with Crippen molar-refractivity contribution in [3.63, 3.8) is 0 Å². The normalized spacial score (nSPS) is 11.1. The SMILES string of the molecule is Cc1cc(CCl)ccc1CCc1cc(F)ccc1Oc1ccc(F)cc1CCc1ccc(CCl)cc1C. The van der Waals surface area contributed by atoms with E-state index in [4.69, 9.17) is 27.9 Å². The Morgan fingerprint density at radius 1 is 0.541 bits per heavy atom. The maximum atomic E-state index is 14.2. The number of rotatable bonds is 10. The Kier molecular flexibility index (Phi) is 9.23. The summed E-state index contributed by atoms with van der Waals surface area (Å²) in [5.74, 6) is 1.47. The molecule has 0 radical (unpaired) electrons. The number of halogens is 4. The van der Waals surface area contributed by atoms with E-state index in [0.717, 1.165) is 46.2 Å². The summed E-state index contributed by atoms with van der Waals surface area (Å²) in [7, 11) is 0. The van der Waals surface area contributed by atoms with Crippen molar-refractivity contribution < 1.29 is 13.5 Å².